The first-order valence-corrected chi connectivity index (χ1v) is 7.74. The zero-order valence-electron chi connectivity index (χ0n) is 12.3. The molecular formula is C15H22ClN3S. The highest BCUT2D eigenvalue weighted by molar-refractivity contribution is 7.80. The lowest BCUT2D eigenvalue weighted by molar-refractivity contribution is 0.288. The van der Waals surface area contributed by atoms with Crippen molar-refractivity contribution in [3.8, 4) is 0 Å². The molecule has 1 N–H and O–H groups in total. The SMILES string of the molecule is Cc1ccc(NC(=S)N2CCCC2CN(C)C)cc1Cl. The molecule has 1 atom stereocenters. The summed E-state index contributed by atoms with van der Waals surface area (Å²) < 4.78 is 0. The van der Waals surface area contributed by atoms with Gasteiger partial charge in [-0.25, -0.2) is 0 Å². The van der Waals surface area contributed by atoms with Gasteiger partial charge in [0.25, 0.3) is 0 Å². The number of thiocarbonyl (C=S) groups is 1. The zero-order chi connectivity index (χ0) is 14.7. The van der Waals surface area contributed by atoms with E-state index in [1.165, 1.54) is 12.8 Å². The number of anilines is 1. The second-order valence-electron chi connectivity index (χ2n) is 5.65. The molecule has 1 fully saturated rings. The molecule has 0 amide bonds. The third-order valence-electron chi connectivity index (χ3n) is 3.64. The summed E-state index contributed by atoms with van der Waals surface area (Å²) in [5.41, 5.74) is 2.04. The van der Waals surface area contributed by atoms with Gasteiger partial charge in [-0.15, -0.1) is 0 Å². The Kier molecular flexibility index (Phi) is 5.24. The van der Waals surface area contributed by atoms with Crippen molar-refractivity contribution in [2.45, 2.75) is 25.8 Å². The largest absolute Gasteiger partial charge is 0.345 e. The Morgan fingerprint density at radius 3 is 2.90 bits per heavy atom. The van der Waals surface area contributed by atoms with E-state index in [0.29, 0.717) is 6.04 Å². The smallest absolute Gasteiger partial charge is 0.173 e. The topological polar surface area (TPSA) is 18.5 Å². The van der Waals surface area contributed by atoms with Crippen molar-refractivity contribution < 1.29 is 0 Å². The van der Waals surface area contributed by atoms with Gasteiger partial charge in [0, 0.05) is 29.8 Å². The van der Waals surface area contributed by atoms with Gasteiger partial charge in [-0.1, -0.05) is 17.7 Å². The number of nitrogens with one attached hydrogen (secondary N) is 1. The Balaban J connectivity index is 2.01. The molecule has 0 aromatic heterocycles. The molecule has 0 spiro atoms. The number of halogens is 1. The van der Waals surface area contributed by atoms with Crippen LogP contribution in [0, 0.1) is 6.92 Å². The zero-order valence-corrected chi connectivity index (χ0v) is 13.9. The Morgan fingerprint density at radius 2 is 2.25 bits per heavy atom. The minimum absolute atomic E-state index is 0.505. The Labute approximate surface area is 131 Å². The van der Waals surface area contributed by atoms with E-state index in [4.69, 9.17) is 23.8 Å². The molecule has 1 aromatic carbocycles. The van der Waals surface area contributed by atoms with E-state index < -0.39 is 0 Å². The predicted octanol–water partition coefficient (Wildman–Crippen LogP) is 3.37. The van der Waals surface area contributed by atoms with Crippen molar-refractivity contribution >= 4 is 34.6 Å². The van der Waals surface area contributed by atoms with Crippen LogP contribution in [0.15, 0.2) is 18.2 Å². The molecule has 0 bridgehead atoms. The van der Waals surface area contributed by atoms with Gasteiger partial charge in [0.2, 0.25) is 0 Å². The summed E-state index contributed by atoms with van der Waals surface area (Å²) in [6.07, 6.45) is 2.41. The van der Waals surface area contributed by atoms with Crippen LogP contribution in [0.2, 0.25) is 5.02 Å². The summed E-state index contributed by atoms with van der Waals surface area (Å²) in [7, 11) is 4.21. The van der Waals surface area contributed by atoms with Gasteiger partial charge in [0.05, 0.1) is 0 Å². The monoisotopic (exact) mass is 311 g/mol. The maximum atomic E-state index is 6.15. The molecule has 0 saturated carbocycles. The molecule has 0 radical (unpaired) electrons. The van der Waals surface area contributed by atoms with Crippen LogP contribution >= 0.6 is 23.8 Å². The second kappa shape index (κ2) is 6.74. The van der Waals surface area contributed by atoms with E-state index in [1.807, 2.05) is 25.1 Å². The molecule has 1 aliphatic rings. The molecule has 2 rings (SSSR count). The van der Waals surface area contributed by atoms with E-state index in [-0.39, 0.29) is 0 Å². The molecule has 0 aliphatic carbocycles. The molecule has 1 aliphatic heterocycles. The van der Waals surface area contributed by atoms with Crippen molar-refractivity contribution in [3.63, 3.8) is 0 Å². The van der Waals surface area contributed by atoms with Crippen LogP contribution in [0.1, 0.15) is 18.4 Å². The maximum absolute atomic E-state index is 6.15. The summed E-state index contributed by atoms with van der Waals surface area (Å²) >= 11 is 11.7. The number of hydrogen-bond acceptors (Lipinski definition) is 2. The summed E-state index contributed by atoms with van der Waals surface area (Å²) in [6, 6.07) is 6.46. The van der Waals surface area contributed by atoms with E-state index in [9.17, 15) is 0 Å². The lowest BCUT2D eigenvalue weighted by atomic mass is 10.2. The average Bonchev–Trinajstić information content (AvgIpc) is 2.81. The van der Waals surface area contributed by atoms with E-state index in [1.54, 1.807) is 0 Å². The van der Waals surface area contributed by atoms with Crippen LogP contribution in [0.25, 0.3) is 0 Å². The lowest BCUT2D eigenvalue weighted by Crippen LogP contribution is -2.43. The molecule has 5 heteroatoms. The van der Waals surface area contributed by atoms with Gasteiger partial charge in [-0.3, -0.25) is 0 Å². The molecule has 3 nitrogen and oxygen atoms in total. The van der Waals surface area contributed by atoms with Crippen LogP contribution in [-0.2, 0) is 0 Å². The standard InChI is InChI=1S/C15H22ClN3S/c1-11-6-7-12(9-14(11)16)17-15(20)19-8-4-5-13(19)10-18(2)3/h6-7,9,13H,4-5,8,10H2,1-3H3,(H,17,20). The first kappa shape index (κ1) is 15.5. The van der Waals surface area contributed by atoms with Crippen LogP contribution in [0.4, 0.5) is 5.69 Å². The van der Waals surface area contributed by atoms with E-state index >= 15 is 0 Å². The first-order valence-electron chi connectivity index (χ1n) is 6.96. The molecule has 20 heavy (non-hydrogen) atoms. The quantitative estimate of drug-likeness (QED) is 0.862. The van der Waals surface area contributed by atoms with E-state index in [0.717, 1.165) is 34.5 Å². The van der Waals surface area contributed by atoms with Crippen LogP contribution in [0.5, 0.6) is 0 Å². The van der Waals surface area contributed by atoms with Gasteiger partial charge in [-0.2, -0.15) is 0 Å². The maximum Gasteiger partial charge on any atom is 0.173 e. The van der Waals surface area contributed by atoms with Gasteiger partial charge >= 0.3 is 0 Å². The fourth-order valence-electron chi connectivity index (χ4n) is 2.58. The highest BCUT2D eigenvalue weighted by Crippen LogP contribution is 2.22. The van der Waals surface area contributed by atoms with Crippen LogP contribution < -0.4 is 5.32 Å². The molecule has 1 aromatic rings. The normalized spacial score (nSPS) is 18.6. The fraction of sp³-hybridized carbons (Fsp3) is 0.533. The third kappa shape index (κ3) is 3.84. The summed E-state index contributed by atoms with van der Waals surface area (Å²) in [5, 5.41) is 4.88. The molecule has 1 unspecified atom stereocenters. The van der Waals surface area contributed by atoms with Crippen molar-refractivity contribution in [1.29, 1.82) is 0 Å². The Hall–Kier alpha value is -0.840. The summed E-state index contributed by atoms with van der Waals surface area (Å²) in [4.78, 5) is 4.51. The minimum Gasteiger partial charge on any atom is -0.345 e. The fourth-order valence-corrected chi connectivity index (χ4v) is 3.12. The summed E-state index contributed by atoms with van der Waals surface area (Å²) in [5.74, 6) is 0. The molecular weight excluding hydrogens is 290 g/mol. The molecule has 1 saturated heterocycles. The van der Waals surface area contributed by atoms with Crippen molar-refractivity contribution in [3.05, 3.63) is 28.8 Å². The Morgan fingerprint density at radius 1 is 1.50 bits per heavy atom. The Bertz CT molecular complexity index is 490. The number of likely N-dealkylation sites (N-methyl/N-ethyl adjacent to an activating group) is 1. The van der Waals surface area contributed by atoms with Gasteiger partial charge in [0.15, 0.2) is 5.11 Å². The number of hydrogen-bond donors (Lipinski definition) is 1. The number of likely N-dealkylation sites (tertiary alicyclic amines) is 1. The van der Waals surface area contributed by atoms with Gasteiger partial charge in [0.1, 0.15) is 0 Å². The van der Waals surface area contributed by atoms with Gasteiger partial charge < -0.3 is 15.1 Å². The van der Waals surface area contributed by atoms with Crippen molar-refractivity contribution in [2.75, 3.05) is 32.5 Å². The van der Waals surface area contributed by atoms with Crippen molar-refractivity contribution in [2.24, 2.45) is 0 Å². The number of aryl methyl sites for hydroxylation is 1. The van der Waals surface area contributed by atoms with Crippen LogP contribution in [0.3, 0.4) is 0 Å². The number of rotatable bonds is 3. The van der Waals surface area contributed by atoms with E-state index in [2.05, 4.69) is 29.2 Å². The number of benzene rings is 1. The highest BCUT2D eigenvalue weighted by atomic mass is 35.5. The third-order valence-corrected chi connectivity index (χ3v) is 4.38. The molecule has 110 valence electrons. The second-order valence-corrected chi connectivity index (χ2v) is 6.44. The average molecular weight is 312 g/mol. The number of nitrogens with zero attached hydrogens (tertiary/aromatic N) is 2. The van der Waals surface area contributed by atoms with Crippen LogP contribution in [-0.4, -0.2) is 48.1 Å². The minimum atomic E-state index is 0.505. The highest BCUT2D eigenvalue weighted by Gasteiger charge is 2.26. The predicted molar refractivity (Wildman–Crippen MR) is 90.7 cm³/mol. The van der Waals surface area contributed by atoms with Crippen molar-refractivity contribution in [1.82, 2.24) is 9.80 Å². The lowest BCUT2D eigenvalue weighted by Gasteiger charge is -2.29. The molecule has 1 heterocycles. The van der Waals surface area contributed by atoms with Gasteiger partial charge in [-0.05, 0) is 63.8 Å². The first-order chi connectivity index (χ1) is 9.47. The summed E-state index contributed by atoms with van der Waals surface area (Å²) in [6.45, 7) is 4.07.